The van der Waals surface area contributed by atoms with E-state index in [-0.39, 0.29) is 22.5 Å². The number of benzene rings is 2. The van der Waals surface area contributed by atoms with Crippen LogP contribution in [0.2, 0.25) is 0 Å². The first kappa shape index (κ1) is 22.6. The van der Waals surface area contributed by atoms with Gasteiger partial charge in [0.15, 0.2) is 0 Å². The Morgan fingerprint density at radius 3 is 1.94 bits per heavy atom. The number of aryl methyl sites for hydroxylation is 1. The van der Waals surface area contributed by atoms with Crippen LogP contribution < -0.4 is 0 Å². The molecule has 1 unspecified atom stereocenters. The van der Waals surface area contributed by atoms with Gasteiger partial charge in [-0.1, -0.05) is 29.8 Å². The summed E-state index contributed by atoms with van der Waals surface area (Å²) in [5, 5.41) is 51.9. The van der Waals surface area contributed by atoms with Crippen molar-refractivity contribution in [3.63, 3.8) is 0 Å². The lowest BCUT2D eigenvalue weighted by Gasteiger charge is -2.36. The summed E-state index contributed by atoms with van der Waals surface area (Å²) in [4.78, 5) is 28.1. The van der Waals surface area contributed by atoms with Gasteiger partial charge in [-0.3, -0.25) is 15.1 Å². The molecule has 0 aliphatic carbocycles. The van der Waals surface area contributed by atoms with Crippen molar-refractivity contribution < 1.29 is 14.5 Å². The fourth-order valence-corrected chi connectivity index (χ4v) is 4.00. The molecule has 1 heterocycles. The highest BCUT2D eigenvalue weighted by molar-refractivity contribution is 6.14. The minimum Gasteiger partial charge on any atom is -0.467 e. The van der Waals surface area contributed by atoms with Crippen LogP contribution in [-0.4, -0.2) is 23.7 Å². The molecule has 0 saturated carbocycles. The summed E-state index contributed by atoms with van der Waals surface area (Å²) in [7, 11) is 1.01. The number of aliphatic imine (C=N–C) groups is 1. The molecule has 1 aliphatic rings. The molecule has 2 aromatic rings. The van der Waals surface area contributed by atoms with Crippen molar-refractivity contribution in [3.05, 3.63) is 75.3 Å². The Labute approximate surface area is 188 Å². The SMILES string of the molecule is COC(=O)C1(c2ccc([N+](=O)[O-])cc2)N=C(c2ccc(C)cc2)C(C#N)(C#N)C1(C#N)C#N. The average molecular weight is 438 g/mol. The second-order valence-electron chi connectivity index (χ2n) is 7.28. The third-order valence-corrected chi connectivity index (χ3v) is 5.71. The van der Waals surface area contributed by atoms with Crippen LogP contribution in [0.25, 0.3) is 0 Å². The number of hydrogen-bond donors (Lipinski definition) is 0. The molecule has 1 atom stereocenters. The van der Waals surface area contributed by atoms with E-state index in [0.717, 1.165) is 36.9 Å². The smallest absolute Gasteiger partial charge is 0.341 e. The van der Waals surface area contributed by atoms with Gasteiger partial charge in [-0.15, -0.1) is 0 Å². The summed E-state index contributed by atoms with van der Waals surface area (Å²) < 4.78 is 4.91. The van der Waals surface area contributed by atoms with Crippen LogP contribution in [0.15, 0.2) is 53.5 Å². The molecule has 2 aromatic carbocycles. The number of esters is 1. The van der Waals surface area contributed by atoms with Crippen molar-refractivity contribution >= 4 is 17.4 Å². The molecule has 0 N–H and O–H groups in total. The highest BCUT2D eigenvalue weighted by Gasteiger charge is 2.77. The largest absolute Gasteiger partial charge is 0.467 e. The van der Waals surface area contributed by atoms with Crippen molar-refractivity contribution in [2.24, 2.45) is 15.8 Å². The number of non-ortho nitro benzene ring substituents is 1. The van der Waals surface area contributed by atoms with Gasteiger partial charge in [-0.25, -0.2) is 4.79 Å². The molecule has 0 fully saturated rings. The maximum Gasteiger partial charge on any atom is 0.341 e. The Kier molecular flexibility index (Phi) is 5.41. The van der Waals surface area contributed by atoms with Crippen LogP contribution in [0.3, 0.4) is 0 Å². The number of nitriles is 4. The molecule has 160 valence electrons. The summed E-state index contributed by atoms with van der Waals surface area (Å²) >= 11 is 0. The van der Waals surface area contributed by atoms with E-state index in [1.807, 2.05) is 6.92 Å². The number of carbonyl (C=O) groups is 1. The van der Waals surface area contributed by atoms with E-state index in [1.165, 1.54) is 0 Å². The first-order valence-corrected chi connectivity index (χ1v) is 9.39. The average Bonchev–Trinajstić information content (AvgIpc) is 3.11. The summed E-state index contributed by atoms with van der Waals surface area (Å²) in [6.45, 7) is 1.81. The highest BCUT2D eigenvalue weighted by atomic mass is 16.6. The van der Waals surface area contributed by atoms with Gasteiger partial charge >= 0.3 is 5.97 Å². The summed E-state index contributed by atoms with van der Waals surface area (Å²) in [5.74, 6) is -1.17. The van der Waals surface area contributed by atoms with Crippen LogP contribution in [0.1, 0.15) is 16.7 Å². The molecule has 0 aromatic heterocycles. The van der Waals surface area contributed by atoms with Gasteiger partial charge in [0.25, 0.3) is 5.69 Å². The zero-order valence-corrected chi connectivity index (χ0v) is 17.4. The Morgan fingerprint density at radius 1 is 0.970 bits per heavy atom. The number of carbonyl (C=O) groups excluding carboxylic acids is 1. The molecule has 0 radical (unpaired) electrons. The van der Waals surface area contributed by atoms with Crippen LogP contribution >= 0.6 is 0 Å². The van der Waals surface area contributed by atoms with Crippen molar-refractivity contribution in [1.82, 2.24) is 0 Å². The zero-order chi connectivity index (χ0) is 24.4. The third-order valence-electron chi connectivity index (χ3n) is 5.71. The van der Waals surface area contributed by atoms with E-state index in [1.54, 1.807) is 48.5 Å². The maximum absolute atomic E-state index is 13.3. The normalized spacial score (nSPS) is 19.6. The molecular formula is C23H14N6O4. The predicted molar refractivity (Wildman–Crippen MR) is 112 cm³/mol. The van der Waals surface area contributed by atoms with E-state index < -0.39 is 27.3 Å². The minimum atomic E-state index is -2.67. The predicted octanol–water partition coefficient (Wildman–Crippen LogP) is 2.84. The van der Waals surface area contributed by atoms with Gasteiger partial charge in [0.05, 0.1) is 42.0 Å². The molecular weight excluding hydrogens is 424 g/mol. The fourth-order valence-electron chi connectivity index (χ4n) is 4.00. The molecule has 3 rings (SSSR count). The first-order chi connectivity index (χ1) is 15.7. The monoisotopic (exact) mass is 438 g/mol. The lowest BCUT2D eigenvalue weighted by Crippen LogP contribution is -2.54. The standard InChI is InChI=1S/C23H14N6O4/c1-15-3-5-16(6-4-15)19-21(11-24,12-25)22(13-26,14-27)23(28-19,20(30)33-2)17-7-9-18(10-8-17)29(31)32/h3-10H,1-2H3. The molecule has 1 aliphatic heterocycles. The first-order valence-electron chi connectivity index (χ1n) is 9.39. The Morgan fingerprint density at radius 2 is 1.52 bits per heavy atom. The van der Waals surface area contributed by atoms with Crippen molar-refractivity contribution in [2.45, 2.75) is 12.5 Å². The Bertz CT molecular complexity index is 1320. The number of nitro groups is 1. The number of nitrogens with zero attached hydrogens (tertiary/aromatic N) is 6. The zero-order valence-electron chi connectivity index (χ0n) is 17.4. The van der Waals surface area contributed by atoms with Gasteiger partial charge in [0.1, 0.15) is 0 Å². The number of nitro benzene ring substituents is 1. The number of rotatable bonds is 4. The van der Waals surface area contributed by atoms with Crippen LogP contribution in [0.4, 0.5) is 5.69 Å². The Hall–Kier alpha value is -5.06. The van der Waals surface area contributed by atoms with Gasteiger partial charge < -0.3 is 4.74 Å². The number of ether oxygens (including phenoxy) is 1. The maximum atomic E-state index is 13.3. The fraction of sp³-hybridized carbons (Fsp3) is 0.217. The van der Waals surface area contributed by atoms with Crippen molar-refractivity contribution in [2.75, 3.05) is 7.11 Å². The van der Waals surface area contributed by atoms with E-state index >= 15 is 0 Å². The van der Waals surface area contributed by atoms with E-state index in [2.05, 4.69) is 4.99 Å². The summed E-state index contributed by atoms with van der Waals surface area (Å²) in [6.07, 6.45) is 0. The van der Waals surface area contributed by atoms with Gasteiger partial charge in [-0.2, -0.15) is 21.0 Å². The second-order valence-corrected chi connectivity index (χ2v) is 7.28. The van der Waals surface area contributed by atoms with Crippen molar-refractivity contribution in [3.8, 4) is 24.3 Å². The van der Waals surface area contributed by atoms with Gasteiger partial charge in [-0.05, 0) is 30.2 Å². The molecule has 0 spiro atoms. The van der Waals surface area contributed by atoms with E-state index in [0.29, 0.717) is 0 Å². The molecule has 0 amide bonds. The van der Waals surface area contributed by atoms with Gasteiger partial charge in [0.2, 0.25) is 16.4 Å². The molecule has 0 saturated heterocycles. The molecule has 10 nitrogen and oxygen atoms in total. The van der Waals surface area contributed by atoms with Crippen LogP contribution in [0, 0.1) is 73.2 Å². The quantitative estimate of drug-likeness (QED) is 0.397. The van der Waals surface area contributed by atoms with Crippen LogP contribution in [-0.2, 0) is 15.1 Å². The number of methoxy groups -OCH3 is 1. The lowest BCUT2D eigenvalue weighted by atomic mass is 9.55. The molecule has 0 bridgehead atoms. The Balaban J connectivity index is 2.53. The van der Waals surface area contributed by atoms with Gasteiger partial charge in [0, 0.05) is 12.1 Å². The van der Waals surface area contributed by atoms with E-state index in [9.17, 15) is 36.0 Å². The minimum absolute atomic E-state index is 0.111. The lowest BCUT2D eigenvalue weighted by molar-refractivity contribution is -0.384. The summed E-state index contributed by atoms with van der Waals surface area (Å²) in [5.41, 5.74) is -7.18. The molecule has 33 heavy (non-hydrogen) atoms. The topological polar surface area (TPSA) is 177 Å². The van der Waals surface area contributed by atoms with Crippen molar-refractivity contribution in [1.29, 1.82) is 21.0 Å². The second kappa shape index (κ2) is 7.89. The van der Waals surface area contributed by atoms with Crippen LogP contribution in [0.5, 0.6) is 0 Å². The van der Waals surface area contributed by atoms with E-state index in [4.69, 9.17) is 4.74 Å². The summed E-state index contributed by atoms with van der Waals surface area (Å²) in [6, 6.07) is 17.9. The number of hydrogen-bond acceptors (Lipinski definition) is 9. The highest BCUT2D eigenvalue weighted by Crippen LogP contribution is 2.60. The third kappa shape index (κ3) is 2.76. The molecule has 10 heteroatoms.